The van der Waals surface area contributed by atoms with Gasteiger partial charge in [-0.3, -0.25) is 9.48 Å². The van der Waals surface area contributed by atoms with Gasteiger partial charge in [-0.1, -0.05) is 6.07 Å². The van der Waals surface area contributed by atoms with E-state index in [1.165, 1.54) is 36.4 Å². The highest BCUT2D eigenvalue weighted by Gasteiger charge is 2.34. The van der Waals surface area contributed by atoms with Crippen LogP contribution in [0.3, 0.4) is 0 Å². The summed E-state index contributed by atoms with van der Waals surface area (Å²) in [6.45, 7) is 3.93. The zero-order chi connectivity index (χ0) is 33.1. The fraction of sp³-hybridized carbons (Fsp3) is 0.484. The Bertz CT molecular complexity index is 1410. The largest absolute Gasteiger partial charge is 0.416 e. The summed E-state index contributed by atoms with van der Waals surface area (Å²) >= 11 is 0. The molecular formula is C31H41F4N5O4S. The normalized spacial score (nSPS) is 16.6. The topological polar surface area (TPSA) is 111 Å². The summed E-state index contributed by atoms with van der Waals surface area (Å²) < 4.78 is 68.4. The van der Waals surface area contributed by atoms with Gasteiger partial charge < -0.3 is 20.4 Å². The molecule has 0 spiro atoms. The number of nitrogens with zero attached hydrogens (tertiary/aromatic N) is 4. The van der Waals surface area contributed by atoms with Gasteiger partial charge in [-0.25, -0.2) is 12.9 Å². The van der Waals surface area contributed by atoms with Crippen molar-refractivity contribution in [2.75, 3.05) is 46.6 Å². The van der Waals surface area contributed by atoms with Crippen molar-refractivity contribution in [2.24, 2.45) is 0 Å². The first-order chi connectivity index (χ1) is 21.5. The van der Waals surface area contributed by atoms with Crippen LogP contribution in [0.1, 0.15) is 45.6 Å². The molecule has 2 atom stereocenters. The number of halogens is 4. The molecule has 1 aromatic heterocycles. The molecule has 0 saturated carbocycles. The number of benzene rings is 2. The van der Waals surface area contributed by atoms with Crippen LogP contribution in [0.2, 0.25) is 0 Å². The first-order valence-electron chi connectivity index (χ1n) is 14.6. The van der Waals surface area contributed by atoms with Crippen molar-refractivity contribution in [1.82, 2.24) is 24.3 Å². The van der Waals surface area contributed by atoms with E-state index < -0.39 is 28.8 Å². The highest BCUT2D eigenvalue weighted by Crippen LogP contribution is 2.36. The van der Waals surface area contributed by atoms with Crippen LogP contribution in [0.15, 0.2) is 42.5 Å². The van der Waals surface area contributed by atoms with Crippen molar-refractivity contribution in [3.8, 4) is 11.3 Å². The quantitative estimate of drug-likeness (QED) is 0.239. The van der Waals surface area contributed by atoms with Crippen LogP contribution in [0, 0.1) is 5.82 Å². The summed E-state index contributed by atoms with van der Waals surface area (Å²) in [6, 6.07) is 9.47. The molecule has 248 valence electrons. The fourth-order valence-electron chi connectivity index (χ4n) is 5.48. The Hall–Kier alpha value is -3.01. The van der Waals surface area contributed by atoms with E-state index in [1.807, 2.05) is 4.31 Å². The summed E-state index contributed by atoms with van der Waals surface area (Å²) in [6.07, 6.45) is 0.154. The van der Waals surface area contributed by atoms with Gasteiger partial charge in [0.1, 0.15) is 12.1 Å². The van der Waals surface area contributed by atoms with Crippen LogP contribution >= 0.6 is 0 Å². The van der Waals surface area contributed by atoms with Crippen molar-refractivity contribution in [3.05, 3.63) is 76.2 Å². The molecule has 9 nitrogen and oxygen atoms in total. The third-order valence-corrected chi connectivity index (χ3v) is 8.61. The molecule has 5 rings (SSSR count). The molecule has 3 heterocycles. The Balaban J connectivity index is 0.000000427. The number of alkyl halides is 3. The van der Waals surface area contributed by atoms with Gasteiger partial charge in [-0.05, 0) is 74.9 Å². The number of carbonyl (C=O) groups is 1. The molecule has 2 aromatic carbocycles. The van der Waals surface area contributed by atoms with Gasteiger partial charge in [-0.2, -0.15) is 18.3 Å². The summed E-state index contributed by atoms with van der Waals surface area (Å²) in [5.74, 6) is -0.319. The zero-order valence-electron chi connectivity index (χ0n) is 25.7. The second-order valence-electron chi connectivity index (χ2n) is 10.7. The summed E-state index contributed by atoms with van der Waals surface area (Å²) in [5, 5.41) is 25.3. The van der Waals surface area contributed by atoms with Crippen molar-refractivity contribution in [2.45, 2.75) is 51.2 Å². The number of β-amino-alcohol motifs (C(OH)–C–C–N with tert-alkyl or cyclic N) is 1. The maximum Gasteiger partial charge on any atom is 0.416 e. The number of aliphatic hydroxyl groups excluding tert-OH is 2. The number of carbonyl (C=O) groups excluding carboxylic acids is 1. The van der Waals surface area contributed by atoms with E-state index in [2.05, 4.69) is 10.2 Å². The molecule has 3 aromatic rings. The summed E-state index contributed by atoms with van der Waals surface area (Å²) in [7, 11) is 1.44. The minimum absolute atomic E-state index is 0.0746. The second kappa shape index (κ2) is 17.1. The number of rotatable bonds is 9. The minimum Gasteiger partial charge on any atom is -0.400 e. The van der Waals surface area contributed by atoms with Gasteiger partial charge in [-0.15, -0.1) is 0 Å². The lowest BCUT2D eigenvalue weighted by Crippen LogP contribution is -2.35. The van der Waals surface area contributed by atoms with Crippen molar-refractivity contribution in [1.29, 1.82) is 0 Å². The van der Waals surface area contributed by atoms with E-state index in [9.17, 15) is 31.7 Å². The highest BCUT2D eigenvalue weighted by molar-refractivity contribution is 7.81. The lowest BCUT2D eigenvalue weighted by atomic mass is 9.97. The van der Waals surface area contributed by atoms with E-state index in [0.717, 1.165) is 50.4 Å². The number of aromatic nitrogens is 2. The molecule has 0 aliphatic carbocycles. The molecular weight excluding hydrogens is 614 g/mol. The van der Waals surface area contributed by atoms with Crippen LogP contribution in [0.25, 0.3) is 11.3 Å². The Morgan fingerprint density at radius 2 is 1.73 bits per heavy atom. The highest BCUT2D eigenvalue weighted by atomic mass is 32.2. The zero-order valence-corrected chi connectivity index (χ0v) is 26.5. The number of fused-ring (bicyclic) bond motifs is 1. The number of nitrogens with one attached hydrogen (secondary N) is 1. The second-order valence-corrected chi connectivity index (χ2v) is 12.1. The van der Waals surface area contributed by atoms with Gasteiger partial charge in [0.15, 0.2) is 0 Å². The van der Waals surface area contributed by atoms with E-state index in [4.69, 9.17) is 10.2 Å². The fourth-order valence-corrected chi connectivity index (χ4v) is 6.14. The standard InChI is InChI=1S/C23H32F3N5O2S.C7H5FO.CH4O/c1-27-12-17-11-16(5-6-20(17)23(24,25)26)22-19-15-30(34(2)33)10-7-21(19)31(28-22)14-18(32)13-29-8-3-4-9-29;8-7-3-1-6(5-9)2-4-7;1-2/h5-6,11,18,27,32H,3-4,7-10,12-15H2,1-2H3;1-5H;2H,1H3. The van der Waals surface area contributed by atoms with Gasteiger partial charge in [0.05, 0.1) is 34.9 Å². The molecule has 1 saturated heterocycles. The number of hydrogen-bond acceptors (Lipinski definition) is 7. The van der Waals surface area contributed by atoms with Gasteiger partial charge in [0.2, 0.25) is 0 Å². The molecule has 3 N–H and O–H groups in total. The van der Waals surface area contributed by atoms with Crippen LogP contribution in [0.5, 0.6) is 0 Å². The third-order valence-electron chi connectivity index (χ3n) is 7.57. The molecule has 0 amide bonds. The lowest BCUT2D eigenvalue weighted by molar-refractivity contribution is -0.138. The molecule has 1 fully saturated rings. The van der Waals surface area contributed by atoms with Crippen LogP contribution in [-0.2, 0) is 43.2 Å². The molecule has 2 aliphatic rings. The Morgan fingerprint density at radius 3 is 2.31 bits per heavy atom. The SMILES string of the molecule is CNCc1cc(-c2nn(CC(O)CN3CCCC3)c3c2CN(S(C)=O)CC3)ccc1C(F)(F)F.CO.O=Cc1ccc(F)cc1. The molecule has 2 unspecified atom stereocenters. The van der Waals surface area contributed by atoms with Gasteiger partial charge in [0, 0.05) is 68.3 Å². The van der Waals surface area contributed by atoms with Gasteiger partial charge in [0.25, 0.3) is 0 Å². The number of aldehydes is 1. The first-order valence-corrected chi connectivity index (χ1v) is 16.1. The smallest absolute Gasteiger partial charge is 0.400 e. The maximum absolute atomic E-state index is 13.5. The molecule has 0 radical (unpaired) electrons. The molecule has 0 bridgehead atoms. The Morgan fingerprint density at radius 1 is 1.07 bits per heavy atom. The maximum atomic E-state index is 13.5. The molecule has 45 heavy (non-hydrogen) atoms. The average Bonchev–Trinajstić information content (AvgIpc) is 3.66. The summed E-state index contributed by atoms with van der Waals surface area (Å²) in [5.41, 5.74) is 2.97. The number of likely N-dealkylation sites (tertiary alicyclic amines) is 1. The van der Waals surface area contributed by atoms with Crippen LogP contribution < -0.4 is 5.32 Å². The van der Waals surface area contributed by atoms with Crippen LogP contribution in [-0.4, -0.2) is 92.4 Å². The Kier molecular flexibility index (Phi) is 13.8. The van der Waals surface area contributed by atoms with Crippen molar-refractivity contribution in [3.63, 3.8) is 0 Å². The predicted molar refractivity (Wildman–Crippen MR) is 165 cm³/mol. The minimum atomic E-state index is -4.45. The van der Waals surface area contributed by atoms with E-state index in [1.54, 1.807) is 18.0 Å². The summed E-state index contributed by atoms with van der Waals surface area (Å²) in [4.78, 5) is 12.2. The lowest BCUT2D eigenvalue weighted by Gasteiger charge is -2.26. The third kappa shape index (κ3) is 9.99. The molecule has 2 aliphatic heterocycles. The van der Waals surface area contributed by atoms with Gasteiger partial charge >= 0.3 is 6.18 Å². The van der Waals surface area contributed by atoms with Crippen molar-refractivity contribution >= 4 is 17.3 Å². The monoisotopic (exact) mass is 655 g/mol. The van der Waals surface area contributed by atoms with Crippen LogP contribution in [0.4, 0.5) is 17.6 Å². The predicted octanol–water partition coefficient (Wildman–Crippen LogP) is 3.64. The molecule has 14 heteroatoms. The first kappa shape index (κ1) is 36.5. The van der Waals surface area contributed by atoms with E-state index in [-0.39, 0.29) is 17.9 Å². The van der Waals surface area contributed by atoms with E-state index >= 15 is 0 Å². The Labute approximate surface area is 263 Å². The average molecular weight is 656 g/mol. The number of hydrogen-bond donors (Lipinski definition) is 3. The van der Waals surface area contributed by atoms with Crippen molar-refractivity contribution < 1.29 is 36.8 Å². The number of aliphatic hydroxyl groups is 2. The van der Waals surface area contributed by atoms with E-state index in [0.29, 0.717) is 55.7 Å².